The Morgan fingerprint density at radius 2 is 2.18 bits per heavy atom. The Hall–Kier alpha value is -1.75. The standard InChI is InChI=1S/C12H16N2O3/c1-13-6-5-11(15)14-9-3-2-4-10-12(9)17-8-7-16-10/h2-4,13H,5-8H2,1H3,(H,14,15). The van der Waals surface area contributed by atoms with Crippen LogP contribution in [0.15, 0.2) is 18.2 Å². The quantitative estimate of drug-likeness (QED) is 0.819. The van der Waals surface area contributed by atoms with Crippen LogP contribution in [0, 0.1) is 0 Å². The number of fused-ring (bicyclic) bond motifs is 1. The molecular weight excluding hydrogens is 220 g/mol. The monoisotopic (exact) mass is 236 g/mol. The fourth-order valence-electron chi connectivity index (χ4n) is 1.62. The summed E-state index contributed by atoms with van der Waals surface area (Å²) < 4.78 is 10.9. The van der Waals surface area contributed by atoms with E-state index >= 15 is 0 Å². The van der Waals surface area contributed by atoms with E-state index in [1.807, 2.05) is 25.2 Å². The molecule has 1 aliphatic rings. The smallest absolute Gasteiger partial charge is 0.225 e. The van der Waals surface area contributed by atoms with Gasteiger partial charge in [0.2, 0.25) is 5.91 Å². The molecule has 5 heteroatoms. The molecule has 17 heavy (non-hydrogen) atoms. The highest BCUT2D eigenvalue weighted by Crippen LogP contribution is 2.37. The maximum Gasteiger partial charge on any atom is 0.225 e. The molecule has 0 atom stereocenters. The number of para-hydroxylation sites is 1. The van der Waals surface area contributed by atoms with E-state index in [1.165, 1.54) is 0 Å². The molecule has 0 fully saturated rings. The van der Waals surface area contributed by atoms with E-state index in [2.05, 4.69) is 10.6 Å². The number of carbonyl (C=O) groups excluding carboxylic acids is 1. The Morgan fingerprint density at radius 3 is 3.00 bits per heavy atom. The summed E-state index contributed by atoms with van der Waals surface area (Å²) in [6.45, 7) is 1.71. The van der Waals surface area contributed by atoms with Crippen LogP contribution in [0.1, 0.15) is 6.42 Å². The number of ether oxygens (including phenoxy) is 2. The van der Waals surface area contributed by atoms with Crippen LogP contribution in [0.4, 0.5) is 5.69 Å². The highest BCUT2D eigenvalue weighted by atomic mass is 16.6. The van der Waals surface area contributed by atoms with Gasteiger partial charge in [-0.05, 0) is 19.2 Å². The van der Waals surface area contributed by atoms with E-state index in [9.17, 15) is 4.79 Å². The lowest BCUT2D eigenvalue weighted by atomic mass is 10.2. The van der Waals surface area contributed by atoms with Gasteiger partial charge in [0.05, 0.1) is 5.69 Å². The van der Waals surface area contributed by atoms with Gasteiger partial charge in [0.1, 0.15) is 13.2 Å². The lowest BCUT2D eigenvalue weighted by molar-refractivity contribution is -0.116. The van der Waals surface area contributed by atoms with Crippen LogP contribution >= 0.6 is 0 Å². The van der Waals surface area contributed by atoms with Crippen LogP contribution in [0.2, 0.25) is 0 Å². The summed E-state index contributed by atoms with van der Waals surface area (Å²) in [6, 6.07) is 5.48. The normalized spacial score (nSPS) is 13.2. The zero-order valence-electron chi connectivity index (χ0n) is 9.79. The van der Waals surface area contributed by atoms with Gasteiger partial charge < -0.3 is 20.1 Å². The lowest BCUT2D eigenvalue weighted by Crippen LogP contribution is -2.21. The van der Waals surface area contributed by atoms with Gasteiger partial charge >= 0.3 is 0 Å². The molecule has 0 radical (unpaired) electrons. The van der Waals surface area contributed by atoms with Crippen molar-refractivity contribution >= 4 is 11.6 Å². The predicted molar refractivity (Wildman–Crippen MR) is 64.6 cm³/mol. The van der Waals surface area contributed by atoms with Gasteiger partial charge in [0.25, 0.3) is 0 Å². The zero-order chi connectivity index (χ0) is 12.1. The molecule has 0 unspecified atom stereocenters. The lowest BCUT2D eigenvalue weighted by Gasteiger charge is -2.21. The zero-order valence-corrected chi connectivity index (χ0v) is 9.79. The maximum atomic E-state index is 11.6. The molecule has 1 aliphatic heterocycles. The third-order valence-electron chi connectivity index (χ3n) is 2.44. The molecule has 0 saturated carbocycles. The Kier molecular flexibility index (Phi) is 3.82. The van der Waals surface area contributed by atoms with Crippen LogP contribution in [-0.2, 0) is 4.79 Å². The first kappa shape index (κ1) is 11.7. The van der Waals surface area contributed by atoms with E-state index in [4.69, 9.17) is 9.47 Å². The first-order valence-electron chi connectivity index (χ1n) is 5.64. The summed E-state index contributed by atoms with van der Waals surface area (Å²) in [4.78, 5) is 11.6. The van der Waals surface area contributed by atoms with Gasteiger partial charge in [-0.15, -0.1) is 0 Å². The second kappa shape index (κ2) is 5.54. The summed E-state index contributed by atoms with van der Waals surface area (Å²) in [7, 11) is 1.81. The summed E-state index contributed by atoms with van der Waals surface area (Å²) in [6.07, 6.45) is 0.432. The number of carbonyl (C=O) groups is 1. The van der Waals surface area contributed by atoms with E-state index in [0.29, 0.717) is 43.4 Å². The average Bonchev–Trinajstić information content (AvgIpc) is 2.37. The first-order valence-corrected chi connectivity index (χ1v) is 5.64. The van der Waals surface area contributed by atoms with Crippen LogP contribution in [-0.4, -0.2) is 32.7 Å². The number of amides is 1. The fraction of sp³-hybridized carbons (Fsp3) is 0.417. The molecule has 0 saturated heterocycles. The highest BCUT2D eigenvalue weighted by Gasteiger charge is 2.16. The molecule has 0 aromatic heterocycles. The summed E-state index contributed by atoms with van der Waals surface area (Å²) in [5, 5.41) is 5.75. The van der Waals surface area contributed by atoms with E-state index < -0.39 is 0 Å². The Morgan fingerprint density at radius 1 is 1.35 bits per heavy atom. The molecular formula is C12H16N2O3. The number of anilines is 1. The predicted octanol–water partition coefficient (Wildman–Crippen LogP) is 1.01. The number of rotatable bonds is 4. The molecule has 92 valence electrons. The molecule has 1 aromatic carbocycles. The SMILES string of the molecule is CNCCC(=O)Nc1cccc2c1OCCO2. The van der Waals surface area contributed by atoms with Crippen LogP contribution in [0.25, 0.3) is 0 Å². The van der Waals surface area contributed by atoms with E-state index in [-0.39, 0.29) is 5.91 Å². The molecule has 1 aromatic rings. The van der Waals surface area contributed by atoms with E-state index in [1.54, 1.807) is 0 Å². The van der Waals surface area contributed by atoms with Crippen molar-refractivity contribution in [2.75, 3.05) is 32.1 Å². The molecule has 2 N–H and O–H groups in total. The minimum atomic E-state index is -0.0399. The van der Waals surface area contributed by atoms with Crippen molar-refractivity contribution in [1.82, 2.24) is 5.32 Å². The molecule has 2 rings (SSSR count). The fourth-order valence-corrected chi connectivity index (χ4v) is 1.62. The summed E-state index contributed by atoms with van der Waals surface area (Å²) >= 11 is 0. The topological polar surface area (TPSA) is 59.6 Å². The number of benzene rings is 1. The molecule has 0 spiro atoms. The average molecular weight is 236 g/mol. The van der Waals surface area contributed by atoms with Crippen LogP contribution in [0.5, 0.6) is 11.5 Å². The van der Waals surface area contributed by atoms with Gasteiger partial charge in [-0.25, -0.2) is 0 Å². The minimum Gasteiger partial charge on any atom is -0.486 e. The van der Waals surface area contributed by atoms with Crippen molar-refractivity contribution in [3.05, 3.63) is 18.2 Å². The molecule has 0 bridgehead atoms. The van der Waals surface area contributed by atoms with Gasteiger partial charge in [-0.3, -0.25) is 4.79 Å². The Labute approximate surface area is 100 Å². The maximum absolute atomic E-state index is 11.6. The molecule has 1 heterocycles. The third kappa shape index (κ3) is 2.88. The van der Waals surface area contributed by atoms with Crippen molar-refractivity contribution < 1.29 is 14.3 Å². The third-order valence-corrected chi connectivity index (χ3v) is 2.44. The van der Waals surface area contributed by atoms with Gasteiger partial charge in [0, 0.05) is 13.0 Å². The molecule has 0 aliphatic carbocycles. The highest BCUT2D eigenvalue weighted by molar-refractivity contribution is 5.93. The number of hydrogen-bond acceptors (Lipinski definition) is 4. The first-order chi connectivity index (χ1) is 8.31. The van der Waals surface area contributed by atoms with Crippen molar-refractivity contribution in [2.45, 2.75) is 6.42 Å². The van der Waals surface area contributed by atoms with Crippen LogP contribution in [0.3, 0.4) is 0 Å². The minimum absolute atomic E-state index is 0.0399. The van der Waals surface area contributed by atoms with Gasteiger partial charge in [-0.1, -0.05) is 6.07 Å². The van der Waals surface area contributed by atoms with Gasteiger partial charge in [-0.2, -0.15) is 0 Å². The van der Waals surface area contributed by atoms with Crippen molar-refractivity contribution in [3.63, 3.8) is 0 Å². The second-order valence-corrected chi connectivity index (χ2v) is 3.73. The van der Waals surface area contributed by atoms with Gasteiger partial charge in [0.15, 0.2) is 11.5 Å². The Balaban J connectivity index is 2.08. The summed E-state index contributed by atoms with van der Waals surface area (Å²) in [5.41, 5.74) is 0.670. The van der Waals surface area contributed by atoms with Crippen molar-refractivity contribution in [1.29, 1.82) is 0 Å². The largest absolute Gasteiger partial charge is 0.486 e. The van der Waals surface area contributed by atoms with Crippen LogP contribution < -0.4 is 20.1 Å². The Bertz CT molecular complexity index is 407. The van der Waals surface area contributed by atoms with Crippen molar-refractivity contribution in [2.24, 2.45) is 0 Å². The number of nitrogens with one attached hydrogen (secondary N) is 2. The van der Waals surface area contributed by atoms with E-state index in [0.717, 1.165) is 0 Å². The molecule has 1 amide bonds. The van der Waals surface area contributed by atoms with Crippen molar-refractivity contribution in [3.8, 4) is 11.5 Å². The number of hydrogen-bond donors (Lipinski definition) is 2. The summed E-state index contributed by atoms with van der Waals surface area (Å²) in [5.74, 6) is 1.26. The molecule has 5 nitrogen and oxygen atoms in total. The second-order valence-electron chi connectivity index (χ2n) is 3.73.